The number of benzene rings is 1. The number of hydrogen-bond acceptors (Lipinski definition) is 3. The van der Waals surface area contributed by atoms with E-state index >= 15 is 0 Å². The van der Waals surface area contributed by atoms with E-state index in [1.54, 1.807) is 0 Å². The van der Waals surface area contributed by atoms with E-state index in [2.05, 4.69) is 0 Å². The van der Waals surface area contributed by atoms with Crippen LogP contribution in [0.15, 0.2) is 18.2 Å². The lowest BCUT2D eigenvalue weighted by molar-refractivity contribution is -0.140. The molecule has 3 aliphatic rings. The quantitative estimate of drug-likeness (QED) is 0.587. The van der Waals surface area contributed by atoms with Crippen LogP contribution in [0.4, 0.5) is 23.2 Å². The second-order valence-electron chi connectivity index (χ2n) is 6.02. The van der Waals surface area contributed by atoms with Gasteiger partial charge in [-0.05, 0) is 31.0 Å². The zero-order valence-electron chi connectivity index (χ0n) is 11.6. The summed E-state index contributed by atoms with van der Waals surface area (Å²) in [5, 5.41) is 0. The molecule has 3 aliphatic heterocycles. The van der Waals surface area contributed by atoms with E-state index in [0.717, 1.165) is 11.0 Å². The maximum atomic E-state index is 13.4. The first-order chi connectivity index (χ1) is 10.8. The Morgan fingerprint density at radius 3 is 2.13 bits per heavy atom. The van der Waals surface area contributed by atoms with Gasteiger partial charge in [0, 0.05) is 0 Å². The molecule has 0 unspecified atom stereocenters. The van der Waals surface area contributed by atoms with Crippen molar-refractivity contribution in [3.8, 4) is 0 Å². The van der Waals surface area contributed by atoms with Crippen molar-refractivity contribution < 1.29 is 31.9 Å². The van der Waals surface area contributed by atoms with Crippen LogP contribution in [0.3, 0.4) is 0 Å². The monoisotopic (exact) mass is 329 g/mol. The van der Waals surface area contributed by atoms with Gasteiger partial charge in [-0.1, -0.05) is 0 Å². The summed E-state index contributed by atoms with van der Waals surface area (Å²) in [6, 6.07) is 2.15. The highest BCUT2D eigenvalue weighted by molar-refractivity contribution is 6.22. The molecule has 0 spiro atoms. The summed E-state index contributed by atoms with van der Waals surface area (Å²) in [7, 11) is 0. The molecule has 0 aliphatic carbocycles. The van der Waals surface area contributed by atoms with Crippen molar-refractivity contribution in [2.75, 3.05) is 4.90 Å². The molecule has 3 saturated heterocycles. The number of alkyl halides is 3. The van der Waals surface area contributed by atoms with Gasteiger partial charge >= 0.3 is 6.18 Å². The standard InChI is InChI=1S/C15H11F4NO3/c16-8-2-1-6(5-7(8)15(17,18)19)20-13(21)11-9-3-4-10(23-9)12(11)14(20)22/h1-2,5,9-12H,3-4H2/t9-,10+,11-,12+. The van der Waals surface area contributed by atoms with Gasteiger partial charge in [0.25, 0.3) is 0 Å². The fourth-order valence-corrected chi connectivity index (χ4v) is 3.84. The Morgan fingerprint density at radius 2 is 1.61 bits per heavy atom. The number of nitrogens with zero attached hydrogens (tertiary/aromatic N) is 1. The molecule has 122 valence electrons. The van der Waals surface area contributed by atoms with E-state index in [0.29, 0.717) is 25.0 Å². The van der Waals surface area contributed by atoms with Crippen molar-refractivity contribution in [3.63, 3.8) is 0 Å². The summed E-state index contributed by atoms with van der Waals surface area (Å²) >= 11 is 0. The largest absolute Gasteiger partial charge is 0.419 e. The molecule has 8 heteroatoms. The number of imide groups is 1. The van der Waals surface area contributed by atoms with Gasteiger partial charge in [-0.25, -0.2) is 9.29 Å². The van der Waals surface area contributed by atoms with Crippen LogP contribution in [0.25, 0.3) is 0 Å². The van der Waals surface area contributed by atoms with E-state index in [4.69, 9.17) is 4.74 Å². The van der Waals surface area contributed by atoms with Gasteiger partial charge in [0.05, 0.1) is 35.3 Å². The van der Waals surface area contributed by atoms with Gasteiger partial charge in [0.2, 0.25) is 11.8 Å². The minimum atomic E-state index is -4.90. The second-order valence-corrected chi connectivity index (χ2v) is 6.02. The Balaban J connectivity index is 1.74. The van der Waals surface area contributed by atoms with E-state index in [-0.39, 0.29) is 17.9 Å². The lowest BCUT2D eigenvalue weighted by atomic mass is 9.81. The number of carbonyl (C=O) groups excluding carboxylic acids is 2. The molecule has 2 amide bonds. The molecule has 0 saturated carbocycles. The Bertz CT molecular complexity index is 689. The lowest BCUT2D eigenvalue weighted by Gasteiger charge is -2.19. The first-order valence-corrected chi connectivity index (χ1v) is 7.19. The van der Waals surface area contributed by atoms with Crippen LogP contribution in [0.1, 0.15) is 18.4 Å². The second kappa shape index (κ2) is 4.53. The summed E-state index contributed by atoms with van der Waals surface area (Å²) < 4.78 is 57.4. The van der Waals surface area contributed by atoms with Crippen molar-refractivity contribution in [1.82, 2.24) is 0 Å². The summed E-state index contributed by atoms with van der Waals surface area (Å²) in [5.74, 6) is -3.84. The van der Waals surface area contributed by atoms with Gasteiger partial charge in [-0.3, -0.25) is 9.59 Å². The van der Waals surface area contributed by atoms with Crippen molar-refractivity contribution in [2.45, 2.75) is 31.2 Å². The summed E-state index contributed by atoms with van der Waals surface area (Å²) in [4.78, 5) is 25.7. The van der Waals surface area contributed by atoms with Crippen LogP contribution in [0, 0.1) is 17.7 Å². The Hall–Kier alpha value is -1.96. The third kappa shape index (κ3) is 1.94. The number of halogens is 4. The van der Waals surface area contributed by atoms with E-state index < -0.39 is 41.2 Å². The van der Waals surface area contributed by atoms with Crippen LogP contribution >= 0.6 is 0 Å². The smallest absolute Gasteiger partial charge is 0.373 e. The van der Waals surface area contributed by atoms with Gasteiger partial charge in [-0.2, -0.15) is 13.2 Å². The van der Waals surface area contributed by atoms with Gasteiger partial charge in [0.15, 0.2) is 0 Å². The summed E-state index contributed by atoms with van der Waals surface area (Å²) in [6.45, 7) is 0. The fourth-order valence-electron chi connectivity index (χ4n) is 3.84. The molecule has 2 bridgehead atoms. The van der Waals surface area contributed by atoms with Crippen LogP contribution in [0.5, 0.6) is 0 Å². The molecule has 4 nitrogen and oxygen atoms in total. The molecule has 4 atom stereocenters. The highest BCUT2D eigenvalue weighted by atomic mass is 19.4. The number of rotatable bonds is 1. The third-order valence-electron chi connectivity index (χ3n) is 4.80. The number of amides is 2. The topological polar surface area (TPSA) is 46.6 Å². The molecule has 0 aromatic heterocycles. The van der Waals surface area contributed by atoms with Crippen LogP contribution in [0.2, 0.25) is 0 Å². The molecule has 1 aromatic carbocycles. The molecule has 1 aromatic rings. The highest BCUT2D eigenvalue weighted by Gasteiger charge is 2.62. The van der Waals surface area contributed by atoms with Crippen LogP contribution < -0.4 is 4.90 Å². The molecule has 4 rings (SSSR count). The maximum Gasteiger partial charge on any atom is 0.419 e. The molecule has 3 fully saturated rings. The first-order valence-electron chi connectivity index (χ1n) is 7.19. The number of ether oxygens (including phenoxy) is 1. The molecule has 23 heavy (non-hydrogen) atoms. The van der Waals surface area contributed by atoms with E-state index in [9.17, 15) is 27.2 Å². The van der Waals surface area contributed by atoms with E-state index in [1.807, 2.05) is 0 Å². The third-order valence-corrected chi connectivity index (χ3v) is 4.80. The number of anilines is 1. The Kier molecular flexibility index (Phi) is 2.88. The van der Waals surface area contributed by atoms with Crippen LogP contribution in [-0.4, -0.2) is 24.0 Å². The minimum absolute atomic E-state index is 0.248. The SMILES string of the molecule is O=C1[C@@H]2[C@H](C(=O)N1c1ccc(F)c(C(F)(F)F)c1)[C@H]1CC[C@@H]2O1. The number of carbonyl (C=O) groups is 2. The van der Waals surface area contributed by atoms with Gasteiger partial charge in [-0.15, -0.1) is 0 Å². The average Bonchev–Trinajstić information content (AvgIpc) is 3.13. The van der Waals surface area contributed by atoms with Gasteiger partial charge in [0.1, 0.15) is 5.82 Å². The van der Waals surface area contributed by atoms with Gasteiger partial charge < -0.3 is 4.74 Å². The number of hydrogen-bond donors (Lipinski definition) is 0. The van der Waals surface area contributed by atoms with Crippen molar-refractivity contribution in [3.05, 3.63) is 29.6 Å². The zero-order chi connectivity index (χ0) is 16.5. The Labute approximate surface area is 128 Å². The maximum absolute atomic E-state index is 13.4. The van der Waals surface area contributed by atoms with Crippen molar-refractivity contribution in [2.24, 2.45) is 11.8 Å². The van der Waals surface area contributed by atoms with Crippen molar-refractivity contribution >= 4 is 17.5 Å². The predicted molar refractivity (Wildman–Crippen MR) is 68.8 cm³/mol. The molecule has 3 heterocycles. The highest BCUT2D eigenvalue weighted by Crippen LogP contribution is 2.49. The summed E-state index contributed by atoms with van der Waals surface area (Å²) in [6.07, 6.45) is -4.28. The van der Waals surface area contributed by atoms with Crippen LogP contribution in [-0.2, 0) is 20.5 Å². The average molecular weight is 329 g/mol. The van der Waals surface area contributed by atoms with Crippen molar-refractivity contribution in [1.29, 1.82) is 0 Å². The first kappa shape index (κ1) is 14.6. The lowest BCUT2D eigenvalue weighted by Crippen LogP contribution is -2.34. The molecular weight excluding hydrogens is 318 g/mol. The Morgan fingerprint density at radius 1 is 1.04 bits per heavy atom. The number of fused-ring (bicyclic) bond motifs is 5. The minimum Gasteiger partial charge on any atom is -0.373 e. The predicted octanol–water partition coefficient (Wildman–Crippen LogP) is 2.51. The van der Waals surface area contributed by atoms with E-state index in [1.165, 1.54) is 0 Å². The normalized spacial score (nSPS) is 32.8. The zero-order valence-corrected chi connectivity index (χ0v) is 11.6. The summed E-state index contributed by atoms with van der Waals surface area (Å²) in [5.41, 5.74) is -1.74. The molecule has 0 radical (unpaired) electrons. The molecular formula is C15H11F4NO3. The fraction of sp³-hybridized carbons (Fsp3) is 0.467. The molecule has 0 N–H and O–H groups in total.